The maximum Gasteiger partial charge on any atom is 0.121 e. The standard InChI is InChI=1S/C16H27N3O/c1-18(2)13-15-7-4-9-19(15)10-5-11-20-16-8-3-6-14(17)12-16/h3,6,8,12,15H,4-5,7,9-11,13,17H2,1-2H3. The molecule has 112 valence electrons. The van der Waals surface area contributed by atoms with Crippen molar-refractivity contribution in [2.45, 2.75) is 25.3 Å². The van der Waals surface area contributed by atoms with Gasteiger partial charge in [-0.25, -0.2) is 0 Å². The van der Waals surface area contributed by atoms with Gasteiger partial charge in [0.15, 0.2) is 0 Å². The second kappa shape index (κ2) is 7.50. The van der Waals surface area contributed by atoms with Gasteiger partial charge >= 0.3 is 0 Å². The van der Waals surface area contributed by atoms with E-state index in [1.807, 2.05) is 24.3 Å². The normalized spacial score (nSPS) is 19.6. The van der Waals surface area contributed by atoms with Crippen molar-refractivity contribution in [1.82, 2.24) is 9.80 Å². The highest BCUT2D eigenvalue weighted by atomic mass is 16.5. The maximum atomic E-state index is 5.75. The van der Waals surface area contributed by atoms with E-state index in [0.717, 1.165) is 43.6 Å². The summed E-state index contributed by atoms with van der Waals surface area (Å²) in [6, 6.07) is 8.37. The first-order valence-corrected chi connectivity index (χ1v) is 7.52. The van der Waals surface area contributed by atoms with E-state index in [0.29, 0.717) is 0 Å². The molecule has 0 radical (unpaired) electrons. The van der Waals surface area contributed by atoms with Gasteiger partial charge in [-0.2, -0.15) is 0 Å². The zero-order valence-electron chi connectivity index (χ0n) is 12.7. The van der Waals surface area contributed by atoms with Gasteiger partial charge in [-0.15, -0.1) is 0 Å². The minimum Gasteiger partial charge on any atom is -0.493 e. The number of nitrogen functional groups attached to an aromatic ring is 1. The Morgan fingerprint density at radius 3 is 3.00 bits per heavy atom. The molecular formula is C16H27N3O. The summed E-state index contributed by atoms with van der Waals surface area (Å²) in [6.07, 6.45) is 3.72. The Labute approximate surface area is 122 Å². The number of likely N-dealkylation sites (N-methyl/N-ethyl adjacent to an activating group) is 1. The van der Waals surface area contributed by atoms with Gasteiger partial charge in [0.25, 0.3) is 0 Å². The smallest absolute Gasteiger partial charge is 0.121 e. The second-order valence-electron chi connectivity index (χ2n) is 5.87. The summed E-state index contributed by atoms with van der Waals surface area (Å²) in [5.41, 5.74) is 6.49. The van der Waals surface area contributed by atoms with E-state index in [1.54, 1.807) is 0 Å². The molecule has 0 spiro atoms. The van der Waals surface area contributed by atoms with Gasteiger partial charge in [0.05, 0.1) is 6.61 Å². The molecule has 0 aliphatic carbocycles. The number of hydrogen-bond acceptors (Lipinski definition) is 4. The predicted octanol–water partition coefficient (Wildman–Crippen LogP) is 2.06. The number of hydrogen-bond donors (Lipinski definition) is 1. The molecule has 4 heteroatoms. The molecule has 20 heavy (non-hydrogen) atoms. The van der Waals surface area contributed by atoms with Crippen LogP contribution in [0.5, 0.6) is 5.75 Å². The minimum absolute atomic E-state index is 0.720. The van der Waals surface area contributed by atoms with Crippen LogP contribution in [0.1, 0.15) is 19.3 Å². The lowest BCUT2D eigenvalue weighted by atomic mass is 10.2. The van der Waals surface area contributed by atoms with Crippen molar-refractivity contribution in [3.63, 3.8) is 0 Å². The SMILES string of the molecule is CN(C)CC1CCCN1CCCOc1cccc(N)c1. The molecule has 1 aromatic rings. The van der Waals surface area contributed by atoms with Crippen LogP contribution in [0, 0.1) is 0 Å². The van der Waals surface area contributed by atoms with E-state index in [-0.39, 0.29) is 0 Å². The van der Waals surface area contributed by atoms with Crippen LogP contribution < -0.4 is 10.5 Å². The van der Waals surface area contributed by atoms with E-state index < -0.39 is 0 Å². The van der Waals surface area contributed by atoms with Crippen molar-refractivity contribution >= 4 is 5.69 Å². The number of rotatable bonds is 7. The van der Waals surface area contributed by atoms with Gasteiger partial charge in [0, 0.05) is 30.9 Å². The van der Waals surface area contributed by atoms with Gasteiger partial charge in [0.1, 0.15) is 5.75 Å². The fourth-order valence-electron chi connectivity index (χ4n) is 2.88. The molecular weight excluding hydrogens is 250 g/mol. The van der Waals surface area contributed by atoms with Crippen LogP contribution >= 0.6 is 0 Å². The lowest BCUT2D eigenvalue weighted by Gasteiger charge is -2.26. The molecule has 1 aliphatic heterocycles. The summed E-state index contributed by atoms with van der Waals surface area (Å²) in [4.78, 5) is 4.88. The highest BCUT2D eigenvalue weighted by Crippen LogP contribution is 2.18. The molecule has 1 heterocycles. The third-order valence-corrected chi connectivity index (χ3v) is 3.79. The van der Waals surface area contributed by atoms with Crippen molar-refractivity contribution in [2.75, 3.05) is 46.1 Å². The van der Waals surface area contributed by atoms with Crippen LogP contribution in [0.3, 0.4) is 0 Å². The molecule has 1 saturated heterocycles. The number of likely N-dealkylation sites (tertiary alicyclic amines) is 1. The van der Waals surface area contributed by atoms with Crippen LogP contribution in [0.15, 0.2) is 24.3 Å². The molecule has 1 unspecified atom stereocenters. The summed E-state index contributed by atoms with van der Waals surface area (Å²) in [5, 5.41) is 0. The Hall–Kier alpha value is -1.26. The lowest BCUT2D eigenvalue weighted by Crippen LogP contribution is -2.38. The van der Waals surface area contributed by atoms with Crippen molar-refractivity contribution in [1.29, 1.82) is 0 Å². The predicted molar refractivity (Wildman–Crippen MR) is 84.1 cm³/mol. The first-order valence-electron chi connectivity index (χ1n) is 7.52. The van der Waals surface area contributed by atoms with Crippen molar-refractivity contribution in [2.24, 2.45) is 0 Å². The van der Waals surface area contributed by atoms with E-state index in [9.17, 15) is 0 Å². The Morgan fingerprint density at radius 2 is 2.25 bits per heavy atom. The third kappa shape index (κ3) is 4.69. The van der Waals surface area contributed by atoms with Gasteiger partial charge in [-0.05, 0) is 52.0 Å². The highest BCUT2D eigenvalue weighted by molar-refractivity contribution is 5.43. The summed E-state index contributed by atoms with van der Waals surface area (Å²) in [6.45, 7) is 4.28. The second-order valence-corrected chi connectivity index (χ2v) is 5.87. The molecule has 0 bridgehead atoms. The number of nitrogens with two attached hydrogens (primary N) is 1. The molecule has 0 amide bonds. The zero-order chi connectivity index (χ0) is 14.4. The quantitative estimate of drug-likeness (QED) is 0.612. The monoisotopic (exact) mass is 277 g/mol. The summed E-state index contributed by atoms with van der Waals surface area (Å²) in [5.74, 6) is 0.872. The fourth-order valence-corrected chi connectivity index (χ4v) is 2.88. The maximum absolute atomic E-state index is 5.75. The number of nitrogens with zero attached hydrogens (tertiary/aromatic N) is 2. The topological polar surface area (TPSA) is 41.7 Å². The van der Waals surface area contributed by atoms with Crippen LogP contribution in [0.2, 0.25) is 0 Å². The van der Waals surface area contributed by atoms with Crippen LogP contribution in [-0.4, -0.2) is 56.2 Å². The number of ether oxygens (including phenoxy) is 1. The Morgan fingerprint density at radius 1 is 1.40 bits per heavy atom. The Balaban J connectivity index is 1.67. The van der Waals surface area contributed by atoms with Gasteiger partial charge in [-0.1, -0.05) is 6.07 Å². The summed E-state index contributed by atoms with van der Waals surface area (Å²) >= 11 is 0. The average Bonchev–Trinajstić information content (AvgIpc) is 2.81. The molecule has 1 aromatic carbocycles. The van der Waals surface area contributed by atoms with E-state index in [2.05, 4.69) is 23.9 Å². The molecule has 0 saturated carbocycles. The first kappa shape index (κ1) is 15.1. The molecule has 1 aliphatic rings. The number of benzene rings is 1. The van der Waals surface area contributed by atoms with Crippen molar-refractivity contribution in [3.8, 4) is 5.75 Å². The Bertz CT molecular complexity index is 408. The van der Waals surface area contributed by atoms with E-state index >= 15 is 0 Å². The van der Waals surface area contributed by atoms with Crippen LogP contribution in [0.25, 0.3) is 0 Å². The Kier molecular flexibility index (Phi) is 5.68. The van der Waals surface area contributed by atoms with E-state index in [1.165, 1.54) is 19.4 Å². The van der Waals surface area contributed by atoms with Gasteiger partial charge < -0.3 is 15.4 Å². The molecule has 2 N–H and O–H groups in total. The van der Waals surface area contributed by atoms with Crippen LogP contribution in [0.4, 0.5) is 5.69 Å². The molecule has 1 atom stereocenters. The molecule has 0 aromatic heterocycles. The average molecular weight is 277 g/mol. The number of anilines is 1. The lowest BCUT2D eigenvalue weighted by molar-refractivity contribution is 0.191. The van der Waals surface area contributed by atoms with Gasteiger partial charge in [0.2, 0.25) is 0 Å². The van der Waals surface area contributed by atoms with Crippen molar-refractivity contribution < 1.29 is 4.74 Å². The van der Waals surface area contributed by atoms with E-state index in [4.69, 9.17) is 10.5 Å². The van der Waals surface area contributed by atoms with Gasteiger partial charge in [-0.3, -0.25) is 4.90 Å². The first-order chi connectivity index (χ1) is 9.65. The minimum atomic E-state index is 0.720. The third-order valence-electron chi connectivity index (χ3n) is 3.79. The highest BCUT2D eigenvalue weighted by Gasteiger charge is 2.24. The molecule has 2 rings (SSSR count). The zero-order valence-corrected chi connectivity index (χ0v) is 12.7. The summed E-state index contributed by atoms with van der Waals surface area (Å²) < 4.78 is 5.75. The van der Waals surface area contributed by atoms with Crippen LogP contribution in [-0.2, 0) is 0 Å². The fraction of sp³-hybridized carbons (Fsp3) is 0.625. The molecule has 1 fully saturated rings. The summed E-state index contributed by atoms with van der Waals surface area (Å²) in [7, 11) is 4.30. The van der Waals surface area contributed by atoms with Crippen molar-refractivity contribution in [3.05, 3.63) is 24.3 Å². The molecule has 4 nitrogen and oxygen atoms in total. The largest absolute Gasteiger partial charge is 0.493 e.